The van der Waals surface area contributed by atoms with Crippen molar-refractivity contribution in [3.8, 4) is 11.5 Å². The van der Waals surface area contributed by atoms with Crippen LogP contribution in [0, 0.1) is 0 Å². The maximum Gasteiger partial charge on any atom is 0.163 e. The van der Waals surface area contributed by atoms with Gasteiger partial charge in [-0.25, -0.2) is 9.97 Å². The van der Waals surface area contributed by atoms with Crippen molar-refractivity contribution in [3.63, 3.8) is 0 Å². The van der Waals surface area contributed by atoms with E-state index in [1.165, 1.54) is 0 Å². The number of benzene rings is 1. The Kier molecular flexibility index (Phi) is 2.10. The van der Waals surface area contributed by atoms with Crippen LogP contribution in [-0.4, -0.2) is 50.3 Å². The zero-order valence-corrected chi connectivity index (χ0v) is 10.9. The van der Waals surface area contributed by atoms with E-state index in [4.69, 9.17) is 40.3 Å². The van der Waals surface area contributed by atoms with Crippen LogP contribution >= 0.6 is 11.6 Å². The van der Waals surface area contributed by atoms with E-state index >= 15 is 0 Å². The van der Waals surface area contributed by atoms with Crippen LogP contribution in [-0.2, 0) is 9.47 Å². The lowest BCUT2D eigenvalue weighted by atomic mass is 10.2. The molecule has 0 aliphatic carbocycles. The predicted molar refractivity (Wildman–Crippen MR) is 79.3 cm³/mol. The van der Waals surface area contributed by atoms with E-state index in [0.717, 1.165) is 18.5 Å². The van der Waals surface area contributed by atoms with E-state index in [1.54, 1.807) is 0 Å². The molecule has 0 unspecified atom stereocenters. The molecule has 6 nitrogen and oxygen atoms in total. The fourth-order valence-electron chi connectivity index (χ4n) is 1.39. The zero-order valence-electron chi connectivity index (χ0n) is 24.1. The Morgan fingerprint density at radius 3 is 2.38 bits per heavy atom. The lowest BCUT2D eigenvalue weighted by molar-refractivity contribution is 0.132. The van der Waals surface area contributed by atoms with Crippen LogP contribution in [0.25, 0.3) is 10.9 Å². The first-order valence-corrected chi connectivity index (χ1v) is 5.57. The molecule has 1 aromatic carbocycles. The highest BCUT2D eigenvalue weighted by Crippen LogP contribution is 2.33. The molecule has 0 bridgehead atoms. The number of hydrogen-bond donors (Lipinski definition) is 0. The Bertz CT molecular complexity index is 1080. The molecule has 1 heterocycles. The van der Waals surface area contributed by atoms with Crippen LogP contribution in [0.3, 0.4) is 0 Å². The third kappa shape index (κ3) is 4.17. The molecule has 0 aliphatic heterocycles. The number of aromatic nitrogens is 2. The van der Waals surface area contributed by atoms with E-state index in [-0.39, 0.29) is 16.1 Å². The summed E-state index contributed by atoms with van der Waals surface area (Å²) in [7, 11) is -6.75. The predicted octanol–water partition coefficient (Wildman–Crippen LogP) is 2.33. The van der Waals surface area contributed by atoms with E-state index in [2.05, 4.69) is 19.4 Å². The van der Waals surface area contributed by atoms with Crippen molar-refractivity contribution in [2.75, 3.05) is 40.3 Å². The van der Waals surface area contributed by atoms with Gasteiger partial charge in [0.15, 0.2) is 11.5 Å². The second-order valence-electron chi connectivity index (χ2n) is 3.30. The third-order valence-electron chi connectivity index (χ3n) is 2.16. The average molecular weight is 327 g/mol. The quantitative estimate of drug-likeness (QED) is 0.694. The highest BCUT2D eigenvalue weighted by molar-refractivity contribution is 6.34. The number of ether oxygens (including phenoxy) is 4. The Hall–Kier alpha value is -1.63. The summed E-state index contributed by atoms with van der Waals surface area (Å²) in [6, 6.07) is 1.80. The first-order valence-electron chi connectivity index (χ1n) is 12.2. The van der Waals surface area contributed by atoms with Crippen molar-refractivity contribution in [3.05, 3.63) is 23.6 Å². The monoisotopic (exact) mass is 326 g/mol. The molecule has 0 atom stereocenters. The van der Waals surface area contributed by atoms with Gasteiger partial charge in [0, 0.05) is 25.5 Å². The van der Waals surface area contributed by atoms with Crippen LogP contribution in [0.15, 0.2) is 18.5 Å². The van der Waals surface area contributed by atoms with Gasteiger partial charge in [-0.2, -0.15) is 0 Å². The molecular formula is C14H17ClN2O4. The Balaban J connectivity index is 2.60. The van der Waals surface area contributed by atoms with Crippen LogP contribution in [0.4, 0.5) is 0 Å². The lowest BCUT2D eigenvalue weighted by Crippen LogP contribution is -2.08. The third-order valence-corrected chi connectivity index (χ3v) is 2.46. The van der Waals surface area contributed by atoms with Crippen LogP contribution in [0.1, 0.15) is 19.2 Å². The van der Waals surface area contributed by atoms with Gasteiger partial charge in [-0.1, -0.05) is 11.6 Å². The highest BCUT2D eigenvalue weighted by atomic mass is 35.5. The van der Waals surface area contributed by atoms with Gasteiger partial charge in [-0.15, -0.1) is 0 Å². The lowest BCUT2D eigenvalue weighted by Gasteiger charge is -2.13. The van der Waals surface area contributed by atoms with Gasteiger partial charge in [0.05, 0.1) is 37.8 Å². The maximum absolute atomic E-state index is 7.88. The van der Waals surface area contributed by atoms with Gasteiger partial charge in [-0.3, -0.25) is 0 Å². The second kappa shape index (κ2) is 7.97. The molecule has 21 heavy (non-hydrogen) atoms. The van der Waals surface area contributed by atoms with Crippen molar-refractivity contribution >= 4 is 22.5 Å². The summed E-state index contributed by atoms with van der Waals surface area (Å²) in [6.07, 6.45) is 1.00. The standard InChI is InChI=1S/C14H17ClN2O4/c1-18-3-5-20-12-7-10-11(16-9-17-14(10)15)8-13(12)21-6-4-19-2/h7-9H,3-6H2,1-2H3/i1D3,2D3,3D2,4D2,5D2,6D2. The Labute approximate surface area is 147 Å². The molecule has 2 aromatic rings. The summed E-state index contributed by atoms with van der Waals surface area (Å²) in [6.45, 7) is -14.3. The van der Waals surface area contributed by atoms with Gasteiger partial charge in [-0.05, 0) is 6.07 Å². The fourth-order valence-corrected chi connectivity index (χ4v) is 1.58. The molecule has 114 valence electrons. The summed E-state index contributed by atoms with van der Waals surface area (Å²) in [5, 5.41) is -0.218. The summed E-state index contributed by atoms with van der Waals surface area (Å²) < 4.78 is 123. The molecule has 1 aromatic heterocycles. The largest absolute Gasteiger partial charge is 0.487 e. The molecule has 0 saturated heterocycles. The smallest absolute Gasteiger partial charge is 0.163 e. The number of fused-ring (bicyclic) bond motifs is 1. The van der Waals surface area contributed by atoms with Crippen LogP contribution in [0.5, 0.6) is 11.5 Å². The second-order valence-corrected chi connectivity index (χ2v) is 3.66. The minimum atomic E-state index is -3.60. The maximum atomic E-state index is 7.88. The average Bonchev–Trinajstić information content (AvgIpc) is 2.58. The number of nitrogens with zero attached hydrogens (tertiary/aromatic N) is 2. The van der Waals surface area contributed by atoms with Crippen molar-refractivity contribution in [1.82, 2.24) is 9.97 Å². The van der Waals surface area contributed by atoms with Crippen molar-refractivity contribution < 1.29 is 38.1 Å². The van der Waals surface area contributed by atoms with E-state index in [0.29, 0.717) is 0 Å². The number of rotatable bonds is 8. The molecule has 7 heteroatoms. The fraction of sp³-hybridized carbons (Fsp3) is 0.429. The van der Waals surface area contributed by atoms with Gasteiger partial charge in [0.25, 0.3) is 0 Å². The topological polar surface area (TPSA) is 62.7 Å². The SMILES string of the molecule is [2H]C([2H])([2H])OC([2H])([2H])C([2H])([2H])Oc1cc2ncnc(Cl)c2cc1OC([2H])([2H])C([2H])([2H])OC([2H])([2H])[2H]. The summed E-state index contributed by atoms with van der Waals surface area (Å²) >= 11 is 5.98. The summed E-state index contributed by atoms with van der Waals surface area (Å²) in [5.41, 5.74) is -0.0391. The number of methoxy groups -OCH3 is 2. The first-order chi connectivity index (χ1) is 15.5. The molecule has 0 radical (unpaired) electrons. The van der Waals surface area contributed by atoms with Crippen LogP contribution in [0.2, 0.25) is 5.15 Å². The van der Waals surface area contributed by atoms with Gasteiger partial charge < -0.3 is 18.9 Å². The van der Waals surface area contributed by atoms with Gasteiger partial charge in [0.2, 0.25) is 0 Å². The van der Waals surface area contributed by atoms with Crippen molar-refractivity contribution in [1.29, 1.82) is 0 Å². The molecule has 0 N–H and O–H groups in total. The molecule has 0 saturated carbocycles. The van der Waals surface area contributed by atoms with Crippen LogP contribution < -0.4 is 9.47 Å². The van der Waals surface area contributed by atoms with E-state index < -0.39 is 51.8 Å². The number of halogens is 1. The molecule has 2 rings (SSSR count). The Morgan fingerprint density at radius 1 is 1.05 bits per heavy atom. The molecule has 0 fully saturated rings. The van der Waals surface area contributed by atoms with Gasteiger partial charge in [0.1, 0.15) is 24.6 Å². The Morgan fingerprint density at radius 2 is 1.71 bits per heavy atom. The molecule has 0 spiro atoms. The minimum absolute atomic E-state index is 0.0214. The van der Waals surface area contributed by atoms with Gasteiger partial charge >= 0.3 is 0 Å². The van der Waals surface area contributed by atoms with E-state index in [1.807, 2.05) is 0 Å². The molecule has 0 amide bonds. The summed E-state index contributed by atoms with van der Waals surface area (Å²) in [5.74, 6) is -1.62. The minimum Gasteiger partial charge on any atom is -0.487 e. The first kappa shape index (κ1) is 5.53. The molecule has 0 aliphatic rings. The summed E-state index contributed by atoms with van der Waals surface area (Å²) in [4.78, 5) is 7.55. The van der Waals surface area contributed by atoms with E-state index in [9.17, 15) is 0 Å². The zero-order chi connectivity index (χ0) is 27.3. The number of hydrogen-bond acceptors (Lipinski definition) is 6. The normalized spacial score (nSPS) is 24.6. The molecular weight excluding hydrogens is 296 g/mol. The van der Waals surface area contributed by atoms with Crippen molar-refractivity contribution in [2.24, 2.45) is 0 Å². The highest BCUT2D eigenvalue weighted by Gasteiger charge is 2.11. The van der Waals surface area contributed by atoms with Crippen molar-refractivity contribution in [2.45, 2.75) is 0 Å².